The molecule has 104 valence electrons. The van der Waals surface area contributed by atoms with Gasteiger partial charge in [0.25, 0.3) is 0 Å². The molecule has 0 aliphatic heterocycles. The highest BCUT2D eigenvalue weighted by molar-refractivity contribution is 7.99. The van der Waals surface area contributed by atoms with Gasteiger partial charge in [-0.25, -0.2) is 0 Å². The Kier molecular flexibility index (Phi) is 6.41. The van der Waals surface area contributed by atoms with Crippen molar-refractivity contribution in [3.8, 4) is 6.07 Å². The van der Waals surface area contributed by atoms with Crippen LogP contribution >= 0.6 is 11.8 Å². The molecular formula is C16H24N2S. The van der Waals surface area contributed by atoms with Crippen LogP contribution in [-0.2, 0) is 6.54 Å². The average Bonchev–Trinajstić information content (AvgIpc) is 2.37. The Morgan fingerprint density at radius 2 is 2.11 bits per heavy atom. The van der Waals surface area contributed by atoms with Gasteiger partial charge < -0.3 is 5.32 Å². The number of nitrogens with zero attached hydrogens (tertiary/aromatic N) is 1. The molecule has 0 saturated heterocycles. The molecular weight excluding hydrogens is 252 g/mol. The molecule has 0 radical (unpaired) electrons. The van der Waals surface area contributed by atoms with E-state index < -0.39 is 0 Å². The summed E-state index contributed by atoms with van der Waals surface area (Å²) in [5.74, 6) is 0.988. The van der Waals surface area contributed by atoms with Crippen molar-refractivity contribution in [2.24, 2.45) is 5.41 Å². The van der Waals surface area contributed by atoms with Crippen LogP contribution in [0.4, 0.5) is 0 Å². The van der Waals surface area contributed by atoms with Gasteiger partial charge in [-0.15, -0.1) is 11.8 Å². The molecule has 0 fully saturated rings. The minimum absolute atomic E-state index is 0.218. The first-order chi connectivity index (χ1) is 8.93. The van der Waals surface area contributed by atoms with E-state index in [9.17, 15) is 0 Å². The summed E-state index contributed by atoms with van der Waals surface area (Å²) in [5, 5.41) is 12.4. The van der Waals surface area contributed by atoms with Gasteiger partial charge in [0.15, 0.2) is 0 Å². The standard InChI is InChI=1S/C16H24N2S/c1-13(2)18-11-14-6-5-7-15(10-14)19-9-8-16(3,4)12-17/h5-7,10,13,18H,8-9,11H2,1-4H3. The van der Waals surface area contributed by atoms with E-state index in [-0.39, 0.29) is 5.41 Å². The van der Waals surface area contributed by atoms with Crippen LogP contribution in [0.5, 0.6) is 0 Å². The van der Waals surface area contributed by atoms with E-state index >= 15 is 0 Å². The minimum Gasteiger partial charge on any atom is -0.310 e. The Labute approximate surface area is 121 Å². The number of benzene rings is 1. The summed E-state index contributed by atoms with van der Waals surface area (Å²) in [4.78, 5) is 1.29. The molecule has 0 bridgehead atoms. The van der Waals surface area contributed by atoms with Gasteiger partial charge in [-0.2, -0.15) is 5.26 Å². The first-order valence-corrected chi connectivity index (χ1v) is 7.78. The molecule has 19 heavy (non-hydrogen) atoms. The van der Waals surface area contributed by atoms with Gasteiger partial charge in [-0.05, 0) is 43.7 Å². The van der Waals surface area contributed by atoms with Gasteiger partial charge in [0.05, 0.1) is 11.5 Å². The summed E-state index contributed by atoms with van der Waals surface area (Å²) in [6.07, 6.45) is 0.919. The Bertz CT molecular complexity index is 433. The molecule has 0 saturated carbocycles. The highest BCUT2D eigenvalue weighted by atomic mass is 32.2. The first-order valence-electron chi connectivity index (χ1n) is 6.79. The van der Waals surface area contributed by atoms with E-state index in [1.807, 2.05) is 25.6 Å². The Morgan fingerprint density at radius 1 is 1.37 bits per heavy atom. The van der Waals surface area contributed by atoms with Crippen LogP contribution in [0.3, 0.4) is 0 Å². The zero-order valence-corrected chi connectivity index (χ0v) is 13.2. The highest BCUT2D eigenvalue weighted by Crippen LogP contribution is 2.26. The van der Waals surface area contributed by atoms with E-state index in [0.717, 1.165) is 18.7 Å². The van der Waals surface area contributed by atoms with E-state index in [0.29, 0.717) is 6.04 Å². The third-order valence-corrected chi connectivity index (χ3v) is 3.91. The number of thioether (sulfide) groups is 1. The van der Waals surface area contributed by atoms with Crippen LogP contribution in [0.1, 0.15) is 39.7 Å². The lowest BCUT2D eigenvalue weighted by Gasteiger charge is -2.14. The lowest BCUT2D eigenvalue weighted by Crippen LogP contribution is -2.21. The van der Waals surface area contributed by atoms with Gasteiger partial charge in [0, 0.05) is 17.5 Å². The van der Waals surface area contributed by atoms with Crippen molar-refractivity contribution in [1.29, 1.82) is 5.26 Å². The van der Waals surface area contributed by atoms with Crippen LogP contribution in [-0.4, -0.2) is 11.8 Å². The smallest absolute Gasteiger partial charge is 0.0684 e. The predicted molar refractivity (Wildman–Crippen MR) is 83.2 cm³/mol. The van der Waals surface area contributed by atoms with Gasteiger partial charge in [-0.3, -0.25) is 0 Å². The van der Waals surface area contributed by atoms with E-state index in [1.165, 1.54) is 10.5 Å². The van der Waals surface area contributed by atoms with Crippen LogP contribution in [0, 0.1) is 16.7 Å². The maximum atomic E-state index is 8.99. The lowest BCUT2D eigenvalue weighted by atomic mass is 9.93. The number of nitrogens with one attached hydrogen (secondary N) is 1. The molecule has 0 aliphatic carbocycles. The van der Waals surface area contributed by atoms with Crippen molar-refractivity contribution in [1.82, 2.24) is 5.32 Å². The molecule has 1 aromatic rings. The molecule has 0 heterocycles. The molecule has 0 aliphatic rings. The van der Waals surface area contributed by atoms with Gasteiger partial charge in [0.2, 0.25) is 0 Å². The molecule has 1 N–H and O–H groups in total. The Hall–Kier alpha value is -0.980. The first kappa shape index (κ1) is 16.1. The van der Waals surface area contributed by atoms with E-state index in [2.05, 4.69) is 49.5 Å². The largest absolute Gasteiger partial charge is 0.310 e. The van der Waals surface area contributed by atoms with Gasteiger partial charge >= 0.3 is 0 Å². The van der Waals surface area contributed by atoms with Gasteiger partial charge in [0.1, 0.15) is 0 Å². The van der Waals surface area contributed by atoms with Crippen molar-refractivity contribution >= 4 is 11.8 Å². The molecule has 0 atom stereocenters. The predicted octanol–water partition coefficient (Wildman–Crippen LogP) is 4.22. The summed E-state index contributed by atoms with van der Waals surface area (Å²) < 4.78 is 0. The summed E-state index contributed by atoms with van der Waals surface area (Å²) in [5.41, 5.74) is 1.10. The molecule has 0 spiro atoms. The number of hydrogen-bond acceptors (Lipinski definition) is 3. The fraction of sp³-hybridized carbons (Fsp3) is 0.562. The van der Waals surface area contributed by atoms with Crippen LogP contribution in [0.25, 0.3) is 0 Å². The summed E-state index contributed by atoms with van der Waals surface area (Å²) in [7, 11) is 0. The SMILES string of the molecule is CC(C)NCc1cccc(SCCC(C)(C)C#N)c1. The molecule has 2 nitrogen and oxygen atoms in total. The second-order valence-electron chi connectivity index (χ2n) is 5.78. The molecule has 0 aromatic heterocycles. The highest BCUT2D eigenvalue weighted by Gasteiger charge is 2.15. The molecule has 0 amide bonds. The monoisotopic (exact) mass is 276 g/mol. The normalized spacial score (nSPS) is 11.6. The quantitative estimate of drug-likeness (QED) is 0.758. The third-order valence-electron chi connectivity index (χ3n) is 2.91. The lowest BCUT2D eigenvalue weighted by molar-refractivity contribution is 0.482. The second-order valence-corrected chi connectivity index (χ2v) is 6.95. The zero-order valence-electron chi connectivity index (χ0n) is 12.4. The fourth-order valence-electron chi connectivity index (χ4n) is 1.55. The maximum absolute atomic E-state index is 8.99. The van der Waals surface area contributed by atoms with Crippen molar-refractivity contribution in [3.63, 3.8) is 0 Å². The van der Waals surface area contributed by atoms with Crippen molar-refractivity contribution in [2.75, 3.05) is 5.75 Å². The van der Waals surface area contributed by atoms with E-state index in [4.69, 9.17) is 5.26 Å². The minimum atomic E-state index is -0.218. The number of nitriles is 1. The number of hydrogen-bond donors (Lipinski definition) is 1. The summed E-state index contributed by atoms with van der Waals surface area (Å²) in [6.45, 7) is 9.22. The van der Waals surface area contributed by atoms with Crippen molar-refractivity contribution in [3.05, 3.63) is 29.8 Å². The maximum Gasteiger partial charge on any atom is 0.0684 e. The molecule has 3 heteroatoms. The number of rotatable bonds is 7. The average molecular weight is 276 g/mol. The van der Waals surface area contributed by atoms with Crippen LogP contribution in [0.2, 0.25) is 0 Å². The van der Waals surface area contributed by atoms with Crippen molar-refractivity contribution < 1.29 is 0 Å². The van der Waals surface area contributed by atoms with Gasteiger partial charge in [-0.1, -0.05) is 26.0 Å². The fourth-order valence-corrected chi connectivity index (χ4v) is 2.80. The van der Waals surface area contributed by atoms with Crippen LogP contribution in [0.15, 0.2) is 29.2 Å². The topological polar surface area (TPSA) is 35.8 Å². The Morgan fingerprint density at radius 3 is 2.74 bits per heavy atom. The van der Waals surface area contributed by atoms with Crippen molar-refractivity contribution in [2.45, 2.75) is 51.6 Å². The summed E-state index contributed by atoms with van der Waals surface area (Å²) >= 11 is 1.83. The summed E-state index contributed by atoms with van der Waals surface area (Å²) in [6, 6.07) is 11.5. The molecule has 1 aromatic carbocycles. The molecule has 1 rings (SSSR count). The Balaban J connectivity index is 2.47. The third kappa shape index (κ3) is 6.66. The molecule has 0 unspecified atom stereocenters. The van der Waals surface area contributed by atoms with E-state index in [1.54, 1.807) is 0 Å². The van der Waals surface area contributed by atoms with Crippen LogP contribution < -0.4 is 5.32 Å². The zero-order chi connectivity index (χ0) is 14.3. The second kappa shape index (κ2) is 7.57.